The van der Waals surface area contributed by atoms with Crippen LogP contribution in [0.1, 0.15) is 27.7 Å². The molecule has 2 aromatic heterocycles. The molecule has 0 atom stereocenters. The zero-order valence-electron chi connectivity index (χ0n) is 18.0. The van der Waals surface area contributed by atoms with E-state index < -0.39 is 5.97 Å². The molecular formula is C25H21N3O3S. The number of fused-ring (bicyclic) bond motifs is 1. The molecule has 0 radical (unpaired) electrons. The average molecular weight is 444 g/mol. The van der Waals surface area contributed by atoms with E-state index in [0.29, 0.717) is 28.4 Å². The highest BCUT2D eigenvalue weighted by Gasteiger charge is 2.24. The third kappa shape index (κ3) is 3.55. The summed E-state index contributed by atoms with van der Waals surface area (Å²) in [5.41, 5.74) is 3.55. The number of nitriles is 1. The molecule has 0 amide bonds. The van der Waals surface area contributed by atoms with Crippen LogP contribution in [0.25, 0.3) is 38.2 Å². The SMILES string of the molecule is C=C(OCC)c1cc(-c2cnn(C)c2-c2ccc3ccccc3c2C#N)sc1C(=O)OC. The fraction of sp³-hybridized carbons (Fsp3) is 0.160. The fourth-order valence-corrected chi connectivity index (χ4v) is 4.86. The molecule has 160 valence electrons. The molecule has 0 fully saturated rings. The van der Waals surface area contributed by atoms with Gasteiger partial charge in [0.15, 0.2) is 0 Å². The summed E-state index contributed by atoms with van der Waals surface area (Å²) in [6.45, 7) is 6.25. The summed E-state index contributed by atoms with van der Waals surface area (Å²) >= 11 is 1.29. The Morgan fingerprint density at radius 1 is 1.25 bits per heavy atom. The molecule has 0 aliphatic rings. The van der Waals surface area contributed by atoms with Crippen LogP contribution >= 0.6 is 11.3 Å². The van der Waals surface area contributed by atoms with E-state index in [0.717, 1.165) is 32.5 Å². The van der Waals surface area contributed by atoms with Gasteiger partial charge in [-0.3, -0.25) is 4.68 Å². The normalized spacial score (nSPS) is 10.7. The van der Waals surface area contributed by atoms with Gasteiger partial charge < -0.3 is 9.47 Å². The summed E-state index contributed by atoms with van der Waals surface area (Å²) in [5, 5.41) is 16.3. The number of ether oxygens (including phenoxy) is 2. The average Bonchev–Trinajstić information content (AvgIpc) is 3.41. The van der Waals surface area contributed by atoms with Gasteiger partial charge in [-0.25, -0.2) is 4.79 Å². The van der Waals surface area contributed by atoms with Crippen LogP contribution in [0.4, 0.5) is 0 Å². The Labute approximate surface area is 189 Å². The van der Waals surface area contributed by atoms with Gasteiger partial charge in [-0.05, 0) is 18.4 Å². The molecule has 0 unspecified atom stereocenters. The minimum absolute atomic E-state index is 0.407. The third-order valence-electron chi connectivity index (χ3n) is 5.22. The topological polar surface area (TPSA) is 77.1 Å². The first-order chi connectivity index (χ1) is 15.5. The molecule has 4 aromatic rings. The summed E-state index contributed by atoms with van der Waals surface area (Å²) in [7, 11) is 3.18. The highest BCUT2D eigenvalue weighted by atomic mass is 32.1. The van der Waals surface area contributed by atoms with Crippen molar-refractivity contribution in [3.63, 3.8) is 0 Å². The number of aryl methyl sites for hydroxylation is 1. The van der Waals surface area contributed by atoms with Crippen LogP contribution in [0.5, 0.6) is 0 Å². The van der Waals surface area contributed by atoms with Gasteiger partial charge in [-0.2, -0.15) is 10.4 Å². The molecule has 7 heteroatoms. The van der Waals surface area contributed by atoms with Crippen molar-refractivity contribution in [3.8, 4) is 27.8 Å². The molecule has 2 aromatic carbocycles. The number of carbonyl (C=O) groups is 1. The lowest BCUT2D eigenvalue weighted by atomic mass is 9.95. The standard InChI is InChI=1S/C25H21N3O3S/c1-5-31-15(2)19-12-22(32-24(19)25(29)30-4)21-14-27-28(3)23(21)18-11-10-16-8-6-7-9-17(16)20(18)13-26/h6-12,14H,2,5H2,1,3-4H3. The fourth-order valence-electron chi connectivity index (χ4n) is 3.75. The number of benzene rings is 2. The van der Waals surface area contributed by atoms with Crippen molar-refractivity contribution in [1.82, 2.24) is 9.78 Å². The van der Waals surface area contributed by atoms with Crippen LogP contribution in [0, 0.1) is 11.3 Å². The van der Waals surface area contributed by atoms with Crippen LogP contribution < -0.4 is 0 Å². The lowest BCUT2D eigenvalue weighted by molar-refractivity contribution is 0.0605. The molecule has 0 saturated carbocycles. The molecule has 32 heavy (non-hydrogen) atoms. The Bertz CT molecular complexity index is 1390. The number of rotatable bonds is 6. The lowest BCUT2D eigenvalue weighted by Crippen LogP contribution is -2.02. The Kier molecular flexibility index (Phi) is 5.80. The smallest absolute Gasteiger partial charge is 0.348 e. The van der Waals surface area contributed by atoms with Crippen LogP contribution in [0.3, 0.4) is 0 Å². The van der Waals surface area contributed by atoms with E-state index in [-0.39, 0.29) is 0 Å². The number of hydrogen-bond acceptors (Lipinski definition) is 6. The van der Waals surface area contributed by atoms with Crippen LogP contribution in [-0.4, -0.2) is 29.5 Å². The Balaban J connectivity index is 1.94. The second-order valence-electron chi connectivity index (χ2n) is 7.05. The predicted molar refractivity (Wildman–Crippen MR) is 126 cm³/mol. The van der Waals surface area contributed by atoms with E-state index in [9.17, 15) is 10.1 Å². The van der Waals surface area contributed by atoms with Crippen molar-refractivity contribution >= 4 is 33.8 Å². The maximum absolute atomic E-state index is 12.4. The number of nitrogens with zero attached hydrogens (tertiary/aromatic N) is 3. The monoisotopic (exact) mass is 443 g/mol. The first-order valence-electron chi connectivity index (χ1n) is 9.98. The van der Waals surface area contributed by atoms with Crippen LogP contribution in [0.15, 0.2) is 55.2 Å². The minimum atomic E-state index is -0.453. The van der Waals surface area contributed by atoms with E-state index in [2.05, 4.69) is 17.7 Å². The van der Waals surface area contributed by atoms with E-state index in [1.807, 2.05) is 56.4 Å². The first-order valence-corrected chi connectivity index (χ1v) is 10.8. The van der Waals surface area contributed by atoms with Crippen molar-refractivity contribution < 1.29 is 14.3 Å². The van der Waals surface area contributed by atoms with Crippen LogP contribution in [0.2, 0.25) is 0 Å². The summed E-state index contributed by atoms with van der Waals surface area (Å²) in [4.78, 5) is 13.6. The zero-order chi connectivity index (χ0) is 22.8. The van der Waals surface area contributed by atoms with E-state index in [1.165, 1.54) is 18.4 Å². The van der Waals surface area contributed by atoms with Crippen molar-refractivity contribution in [2.24, 2.45) is 7.05 Å². The van der Waals surface area contributed by atoms with Gasteiger partial charge in [0.25, 0.3) is 0 Å². The molecule has 0 aliphatic heterocycles. The van der Waals surface area contributed by atoms with E-state index in [1.54, 1.807) is 10.9 Å². The number of aromatic nitrogens is 2. The molecule has 0 aliphatic carbocycles. The quantitative estimate of drug-likeness (QED) is 0.285. The number of methoxy groups -OCH3 is 1. The summed E-state index contributed by atoms with van der Waals surface area (Å²) in [6.07, 6.45) is 1.74. The Morgan fingerprint density at radius 3 is 2.75 bits per heavy atom. The van der Waals surface area contributed by atoms with Gasteiger partial charge >= 0.3 is 5.97 Å². The van der Waals surface area contributed by atoms with Crippen molar-refractivity contribution in [3.05, 3.63) is 71.2 Å². The van der Waals surface area contributed by atoms with Gasteiger partial charge in [0.1, 0.15) is 16.7 Å². The maximum Gasteiger partial charge on any atom is 0.348 e. The van der Waals surface area contributed by atoms with Crippen LogP contribution in [-0.2, 0) is 16.5 Å². The highest BCUT2D eigenvalue weighted by Crippen LogP contribution is 2.41. The second kappa shape index (κ2) is 8.69. The van der Waals surface area contributed by atoms with Gasteiger partial charge in [-0.1, -0.05) is 43.0 Å². The van der Waals surface area contributed by atoms with Crippen molar-refractivity contribution in [1.29, 1.82) is 5.26 Å². The zero-order valence-corrected chi connectivity index (χ0v) is 18.8. The third-order valence-corrected chi connectivity index (χ3v) is 6.37. The largest absolute Gasteiger partial charge is 0.494 e. The van der Waals surface area contributed by atoms with Crippen molar-refractivity contribution in [2.45, 2.75) is 6.92 Å². The molecule has 0 bridgehead atoms. The molecule has 0 saturated heterocycles. The van der Waals surface area contributed by atoms with E-state index in [4.69, 9.17) is 9.47 Å². The number of esters is 1. The summed E-state index contributed by atoms with van der Waals surface area (Å²) in [6, 6.07) is 16.0. The molecule has 2 heterocycles. The lowest BCUT2D eigenvalue weighted by Gasteiger charge is -2.10. The maximum atomic E-state index is 12.4. The number of carbonyl (C=O) groups excluding carboxylic acids is 1. The summed E-state index contributed by atoms with van der Waals surface area (Å²) in [5.74, 6) is -0.0461. The molecular weight excluding hydrogens is 422 g/mol. The molecule has 4 rings (SSSR count). The second-order valence-corrected chi connectivity index (χ2v) is 8.10. The Hall–Kier alpha value is -3.89. The van der Waals surface area contributed by atoms with Gasteiger partial charge in [0, 0.05) is 34.0 Å². The Morgan fingerprint density at radius 2 is 2.03 bits per heavy atom. The number of hydrogen-bond donors (Lipinski definition) is 0. The van der Waals surface area contributed by atoms with Crippen molar-refractivity contribution in [2.75, 3.05) is 13.7 Å². The van der Waals surface area contributed by atoms with E-state index >= 15 is 0 Å². The van der Waals surface area contributed by atoms with Gasteiger partial charge in [-0.15, -0.1) is 11.3 Å². The first kappa shape index (κ1) is 21.3. The predicted octanol–water partition coefficient (Wildman–Crippen LogP) is 5.63. The summed E-state index contributed by atoms with van der Waals surface area (Å²) < 4.78 is 12.3. The van der Waals surface area contributed by atoms with Gasteiger partial charge in [0.05, 0.1) is 31.2 Å². The number of thiophene rings is 1. The molecule has 0 N–H and O–H groups in total. The minimum Gasteiger partial charge on any atom is -0.494 e. The highest BCUT2D eigenvalue weighted by molar-refractivity contribution is 7.17. The molecule has 0 spiro atoms. The van der Waals surface area contributed by atoms with Gasteiger partial charge in [0.2, 0.25) is 0 Å². The molecule has 6 nitrogen and oxygen atoms in total.